The van der Waals surface area contributed by atoms with Crippen LogP contribution in [0.2, 0.25) is 0 Å². The van der Waals surface area contributed by atoms with Crippen LogP contribution in [-0.4, -0.2) is 34.7 Å². The molecule has 0 saturated heterocycles. The van der Waals surface area contributed by atoms with E-state index in [4.69, 9.17) is 5.73 Å². The standard InChI is InChI=1S/C22H25FN8/c1-13(2)10-30-9-8-16(28-30)11-31-12-18(27-29-31)20-19(23)21(24)26-22(25-20)17-7-5-6-14(3)15(17)4/h5-9,12-13H,10-11H2,1-4H3,(H2,24,25,26). The van der Waals surface area contributed by atoms with Gasteiger partial charge in [0.25, 0.3) is 0 Å². The summed E-state index contributed by atoms with van der Waals surface area (Å²) in [7, 11) is 0. The maximum absolute atomic E-state index is 14.8. The number of halogens is 1. The molecule has 0 radical (unpaired) electrons. The van der Waals surface area contributed by atoms with Gasteiger partial charge in [0.15, 0.2) is 17.5 Å². The van der Waals surface area contributed by atoms with Crippen molar-refractivity contribution in [2.24, 2.45) is 5.92 Å². The molecule has 3 aromatic heterocycles. The van der Waals surface area contributed by atoms with Crippen LogP contribution in [0.1, 0.15) is 30.7 Å². The number of nitrogen functional groups attached to an aromatic ring is 1. The number of hydrogen-bond acceptors (Lipinski definition) is 6. The molecule has 4 rings (SSSR count). The van der Waals surface area contributed by atoms with Crippen molar-refractivity contribution in [3.8, 4) is 22.8 Å². The first-order chi connectivity index (χ1) is 14.8. The first kappa shape index (κ1) is 20.6. The Balaban J connectivity index is 1.64. The van der Waals surface area contributed by atoms with Crippen LogP contribution < -0.4 is 5.73 Å². The first-order valence-corrected chi connectivity index (χ1v) is 10.1. The van der Waals surface area contributed by atoms with Crippen molar-refractivity contribution in [3.05, 3.63) is 59.3 Å². The van der Waals surface area contributed by atoms with Gasteiger partial charge in [-0.05, 0) is 37.0 Å². The monoisotopic (exact) mass is 420 g/mol. The molecule has 0 amide bonds. The molecule has 2 N–H and O–H groups in total. The van der Waals surface area contributed by atoms with Crippen LogP contribution in [0.4, 0.5) is 10.2 Å². The molecule has 0 bridgehead atoms. The van der Waals surface area contributed by atoms with Crippen LogP contribution in [0, 0.1) is 25.6 Å². The number of benzene rings is 1. The molecule has 0 aliphatic rings. The van der Waals surface area contributed by atoms with E-state index >= 15 is 0 Å². The van der Waals surface area contributed by atoms with E-state index < -0.39 is 5.82 Å². The predicted molar refractivity (Wildman–Crippen MR) is 116 cm³/mol. The van der Waals surface area contributed by atoms with Gasteiger partial charge in [0.05, 0.1) is 18.4 Å². The minimum Gasteiger partial charge on any atom is -0.381 e. The fraction of sp³-hybridized carbons (Fsp3) is 0.318. The number of hydrogen-bond donors (Lipinski definition) is 1. The molecular formula is C22H25FN8. The molecule has 0 unspecified atom stereocenters. The molecule has 31 heavy (non-hydrogen) atoms. The molecule has 9 heteroatoms. The van der Waals surface area contributed by atoms with Crippen LogP contribution in [0.5, 0.6) is 0 Å². The fourth-order valence-electron chi connectivity index (χ4n) is 3.36. The predicted octanol–water partition coefficient (Wildman–Crippen LogP) is 3.64. The third kappa shape index (κ3) is 4.30. The Kier molecular flexibility index (Phi) is 5.50. The summed E-state index contributed by atoms with van der Waals surface area (Å²) in [5.74, 6) is -0.0644. The van der Waals surface area contributed by atoms with Gasteiger partial charge >= 0.3 is 0 Å². The van der Waals surface area contributed by atoms with Crippen LogP contribution >= 0.6 is 0 Å². The molecule has 0 saturated carbocycles. The van der Waals surface area contributed by atoms with Gasteiger partial charge in [0.2, 0.25) is 0 Å². The summed E-state index contributed by atoms with van der Waals surface area (Å²) in [5.41, 5.74) is 9.93. The third-order valence-electron chi connectivity index (χ3n) is 5.08. The Morgan fingerprint density at radius 2 is 1.90 bits per heavy atom. The second-order valence-corrected chi connectivity index (χ2v) is 8.07. The first-order valence-electron chi connectivity index (χ1n) is 10.1. The zero-order chi connectivity index (χ0) is 22.1. The molecule has 0 aliphatic heterocycles. The van der Waals surface area contributed by atoms with Gasteiger partial charge in [-0.1, -0.05) is 37.3 Å². The van der Waals surface area contributed by atoms with Gasteiger partial charge in [0, 0.05) is 18.3 Å². The van der Waals surface area contributed by atoms with E-state index in [0.717, 1.165) is 28.9 Å². The zero-order valence-corrected chi connectivity index (χ0v) is 18.0. The number of aromatic nitrogens is 7. The summed E-state index contributed by atoms with van der Waals surface area (Å²) in [4.78, 5) is 8.59. The van der Waals surface area contributed by atoms with Gasteiger partial charge in [-0.15, -0.1) is 5.10 Å². The molecule has 0 spiro atoms. The number of anilines is 1. The largest absolute Gasteiger partial charge is 0.381 e. The average molecular weight is 420 g/mol. The van der Waals surface area contributed by atoms with Crippen molar-refractivity contribution >= 4 is 5.82 Å². The van der Waals surface area contributed by atoms with Crippen molar-refractivity contribution in [1.29, 1.82) is 0 Å². The van der Waals surface area contributed by atoms with Crippen LogP contribution in [0.3, 0.4) is 0 Å². The smallest absolute Gasteiger partial charge is 0.193 e. The topological polar surface area (TPSA) is 100 Å². The summed E-state index contributed by atoms with van der Waals surface area (Å²) < 4.78 is 18.3. The molecule has 0 atom stereocenters. The number of nitrogens with zero attached hydrogens (tertiary/aromatic N) is 7. The molecule has 4 aromatic rings. The van der Waals surface area contributed by atoms with Crippen molar-refractivity contribution in [1.82, 2.24) is 34.7 Å². The van der Waals surface area contributed by atoms with E-state index in [1.165, 1.54) is 0 Å². The summed E-state index contributed by atoms with van der Waals surface area (Å²) in [6, 6.07) is 7.74. The second-order valence-electron chi connectivity index (χ2n) is 8.07. The van der Waals surface area contributed by atoms with Crippen LogP contribution in [-0.2, 0) is 13.1 Å². The lowest BCUT2D eigenvalue weighted by atomic mass is 10.0. The Labute approximate surface area is 180 Å². The Morgan fingerprint density at radius 3 is 2.68 bits per heavy atom. The van der Waals surface area contributed by atoms with E-state index in [-0.39, 0.29) is 11.5 Å². The van der Waals surface area contributed by atoms with E-state index in [1.807, 2.05) is 49.0 Å². The molecular weight excluding hydrogens is 395 g/mol. The summed E-state index contributed by atoms with van der Waals surface area (Å²) >= 11 is 0. The lowest BCUT2D eigenvalue weighted by Crippen LogP contribution is -2.07. The van der Waals surface area contributed by atoms with Gasteiger partial charge in [0.1, 0.15) is 11.4 Å². The summed E-state index contributed by atoms with van der Waals surface area (Å²) in [6.45, 7) is 9.51. The Hall–Kier alpha value is -3.62. The quantitative estimate of drug-likeness (QED) is 0.511. The molecule has 3 heterocycles. The van der Waals surface area contributed by atoms with E-state index in [9.17, 15) is 4.39 Å². The van der Waals surface area contributed by atoms with E-state index in [1.54, 1.807) is 10.9 Å². The van der Waals surface area contributed by atoms with Crippen molar-refractivity contribution in [2.45, 2.75) is 40.8 Å². The average Bonchev–Trinajstić information content (AvgIpc) is 3.35. The van der Waals surface area contributed by atoms with Crippen LogP contribution in [0.15, 0.2) is 36.7 Å². The van der Waals surface area contributed by atoms with Crippen LogP contribution in [0.25, 0.3) is 22.8 Å². The molecule has 8 nitrogen and oxygen atoms in total. The Morgan fingerprint density at radius 1 is 1.10 bits per heavy atom. The van der Waals surface area contributed by atoms with Crippen molar-refractivity contribution < 1.29 is 4.39 Å². The lowest BCUT2D eigenvalue weighted by Gasteiger charge is -2.10. The summed E-state index contributed by atoms with van der Waals surface area (Å²) in [5, 5.41) is 12.8. The third-order valence-corrected chi connectivity index (χ3v) is 5.08. The van der Waals surface area contributed by atoms with Gasteiger partial charge in [-0.25, -0.2) is 19.0 Å². The highest BCUT2D eigenvalue weighted by atomic mass is 19.1. The van der Waals surface area contributed by atoms with Gasteiger partial charge in [-0.2, -0.15) is 5.10 Å². The zero-order valence-electron chi connectivity index (χ0n) is 18.0. The van der Waals surface area contributed by atoms with Gasteiger partial charge < -0.3 is 5.73 Å². The van der Waals surface area contributed by atoms with Crippen molar-refractivity contribution in [2.75, 3.05) is 5.73 Å². The Bertz CT molecular complexity index is 1220. The molecule has 1 aromatic carbocycles. The highest BCUT2D eigenvalue weighted by Crippen LogP contribution is 2.28. The van der Waals surface area contributed by atoms with E-state index in [0.29, 0.717) is 24.0 Å². The number of nitrogens with two attached hydrogens (primary N) is 1. The number of rotatable bonds is 6. The lowest BCUT2D eigenvalue weighted by molar-refractivity contribution is 0.477. The highest BCUT2D eigenvalue weighted by Gasteiger charge is 2.19. The maximum atomic E-state index is 14.8. The van der Waals surface area contributed by atoms with Gasteiger partial charge in [-0.3, -0.25) is 4.68 Å². The highest BCUT2D eigenvalue weighted by molar-refractivity contribution is 5.67. The van der Waals surface area contributed by atoms with E-state index in [2.05, 4.69) is 39.2 Å². The SMILES string of the molecule is Cc1cccc(-c2nc(N)c(F)c(-c3cn(Cc4ccn(CC(C)C)n4)nn3)n2)c1C. The van der Waals surface area contributed by atoms with Crippen molar-refractivity contribution in [3.63, 3.8) is 0 Å². The maximum Gasteiger partial charge on any atom is 0.193 e. The second kappa shape index (κ2) is 8.25. The molecule has 0 fully saturated rings. The molecule has 0 aliphatic carbocycles. The summed E-state index contributed by atoms with van der Waals surface area (Å²) in [6.07, 6.45) is 3.58. The minimum atomic E-state index is -0.706. The minimum absolute atomic E-state index is 0.0278. The molecule has 160 valence electrons. The number of aryl methyl sites for hydroxylation is 1. The fourth-order valence-corrected chi connectivity index (χ4v) is 3.36. The normalized spacial score (nSPS) is 11.4.